The van der Waals surface area contributed by atoms with Gasteiger partial charge in [-0.1, -0.05) is 160 Å². The van der Waals surface area contributed by atoms with Gasteiger partial charge in [0.15, 0.2) is 0 Å². The highest BCUT2D eigenvalue weighted by Gasteiger charge is 2.18. The Morgan fingerprint density at radius 2 is 1.08 bits per heavy atom. The summed E-state index contributed by atoms with van der Waals surface area (Å²) in [7, 11) is 0. The molecule has 0 fully saturated rings. The van der Waals surface area contributed by atoms with Crippen LogP contribution in [-0.4, -0.2) is 59.3 Å². The normalized spacial score (nSPS) is 12.8. The molecule has 300 valence electrons. The fourth-order valence-electron chi connectivity index (χ4n) is 5.94. The van der Waals surface area contributed by atoms with Gasteiger partial charge in [-0.05, 0) is 51.0 Å². The van der Waals surface area contributed by atoms with E-state index in [2.05, 4.69) is 54.9 Å². The maximum atomic E-state index is 12.7. The summed E-state index contributed by atoms with van der Waals surface area (Å²) >= 11 is 0. The minimum Gasteiger partial charge on any atom is -0.480 e. The number of amides is 2. The van der Waals surface area contributed by atoms with Gasteiger partial charge in [0.25, 0.3) is 0 Å². The van der Waals surface area contributed by atoms with Crippen molar-refractivity contribution in [3.63, 3.8) is 0 Å². The molecule has 0 rings (SSSR count). The van der Waals surface area contributed by atoms with E-state index in [1.807, 2.05) is 6.08 Å². The second kappa shape index (κ2) is 37.8. The maximum Gasteiger partial charge on any atom is 0.328 e. The van der Waals surface area contributed by atoms with Gasteiger partial charge in [-0.15, -0.1) is 0 Å². The molecule has 0 radical (unpaired) electrons. The van der Waals surface area contributed by atoms with E-state index >= 15 is 0 Å². The van der Waals surface area contributed by atoms with E-state index in [0.29, 0.717) is 12.8 Å². The summed E-state index contributed by atoms with van der Waals surface area (Å²) in [6.45, 7) is 3.33. The van der Waals surface area contributed by atoms with Crippen molar-refractivity contribution >= 4 is 23.8 Å². The lowest BCUT2D eigenvalue weighted by molar-refractivity contribution is -0.147. The number of carbonyl (C=O) groups excluding carboxylic acids is 3. The van der Waals surface area contributed by atoms with Gasteiger partial charge in [-0.2, -0.15) is 0 Å². The number of allylic oxidation sites excluding steroid dienone is 5. The molecule has 0 aliphatic carbocycles. The Kier molecular flexibility index (Phi) is 35.7. The summed E-state index contributed by atoms with van der Waals surface area (Å²) in [5.74, 6) is -2.43. The molecule has 0 bridgehead atoms. The standard InChI is InChI=1S/C43H76N2O7/c1-3-5-7-9-11-13-14-15-16-17-18-19-20-21-23-25-31-35-42(49)52-38(32-28-24-22-12-10-8-6-4-2)33-29-26-27-30-34-40(47)44-36-41(48)45-39(37-46)43(50)51/h6,8,12,22,28,32,38-39,46H,3-5,7,9-11,13-21,23-27,29-31,33-37H2,1-2H3,(H,44,47)(H,45,48)(H,50,51)/b8-6-,22-12-,32-28-. The molecule has 0 aliphatic rings. The highest BCUT2D eigenvalue weighted by molar-refractivity contribution is 5.87. The predicted molar refractivity (Wildman–Crippen MR) is 213 cm³/mol. The summed E-state index contributed by atoms with van der Waals surface area (Å²) < 4.78 is 5.87. The van der Waals surface area contributed by atoms with Crippen LogP contribution < -0.4 is 10.6 Å². The number of aliphatic hydroxyl groups is 1. The fraction of sp³-hybridized carbons (Fsp3) is 0.767. The zero-order chi connectivity index (χ0) is 38.3. The average molecular weight is 733 g/mol. The van der Waals surface area contributed by atoms with Crippen molar-refractivity contribution in [3.05, 3.63) is 36.5 Å². The van der Waals surface area contributed by atoms with Crippen LogP contribution in [0.25, 0.3) is 0 Å². The molecular weight excluding hydrogens is 656 g/mol. The van der Waals surface area contributed by atoms with Crippen molar-refractivity contribution in [2.45, 2.75) is 199 Å². The van der Waals surface area contributed by atoms with Crippen LogP contribution in [0.2, 0.25) is 0 Å². The number of carbonyl (C=O) groups is 4. The molecule has 0 aliphatic heterocycles. The zero-order valence-electron chi connectivity index (χ0n) is 33.1. The lowest BCUT2D eigenvalue weighted by atomic mass is 10.0. The Balaban J connectivity index is 4.24. The molecule has 2 unspecified atom stereocenters. The first kappa shape index (κ1) is 49.1. The number of hydrogen-bond acceptors (Lipinski definition) is 6. The molecule has 2 atom stereocenters. The predicted octanol–water partition coefficient (Wildman–Crippen LogP) is 9.82. The van der Waals surface area contributed by atoms with Crippen molar-refractivity contribution in [1.29, 1.82) is 0 Å². The Morgan fingerprint density at radius 1 is 0.596 bits per heavy atom. The van der Waals surface area contributed by atoms with Crippen molar-refractivity contribution < 1.29 is 34.1 Å². The maximum absolute atomic E-state index is 12.7. The van der Waals surface area contributed by atoms with E-state index in [1.165, 1.54) is 96.3 Å². The lowest BCUT2D eigenvalue weighted by Gasteiger charge is -2.15. The first-order valence-electron chi connectivity index (χ1n) is 20.9. The minimum atomic E-state index is -1.39. The third kappa shape index (κ3) is 34.2. The summed E-state index contributed by atoms with van der Waals surface area (Å²) in [6.07, 6.45) is 42.0. The van der Waals surface area contributed by atoms with Crippen LogP contribution >= 0.6 is 0 Å². The van der Waals surface area contributed by atoms with Gasteiger partial charge >= 0.3 is 11.9 Å². The monoisotopic (exact) mass is 733 g/mol. The largest absolute Gasteiger partial charge is 0.480 e. The third-order valence-electron chi connectivity index (χ3n) is 9.14. The summed E-state index contributed by atoms with van der Waals surface area (Å²) in [5, 5.41) is 22.5. The SMILES string of the molecule is CC/C=C\C/C=C\C/C=C\C(CCCCCCC(=O)NCC(=O)NC(CO)C(=O)O)OC(=O)CCCCCCCCCCCCCCCCCCC. The molecule has 0 aromatic heterocycles. The van der Waals surface area contributed by atoms with Gasteiger partial charge in [0.05, 0.1) is 13.2 Å². The Bertz CT molecular complexity index is 979. The van der Waals surface area contributed by atoms with Crippen LogP contribution in [0.3, 0.4) is 0 Å². The van der Waals surface area contributed by atoms with Crippen LogP contribution in [0, 0.1) is 0 Å². The number of hydrogen-bond donors (Lipinski definition) is 4. The second-order valence-electron chi connectivity index (χ2n) is 14.1. The first-order valence-corrected chi connectivity index (χ1v) is 20.9. The molecule has 0 aromatic rings. The molecule has 0 spiro atoms. The van der Waals surface area contributed by atoms with Crippen LogP contribution in [0.4, 0.5) is 0 Å². The van der Waals surface area contributed by atoms with E-state index in [9.17, 15) is 19.2 Å². The van der Waals surface area contributed by atoms with Gasteiger partial charge in [0.1, 0.15) is 12.1 Å². The van der Waals surface area contributed by atoms with Gasteiger partial charge in [-0.3, -0.25) is 14.4 Å². The fourth-order valence-corrected chi connectivity index (χ4v) is 5.94. The van der Waals surface area contributed by atoms with E-state index in [1.54, 1.807) is 0 Å². The molecule has 9 heteroatoms. The number of aliphatic carboxylic acids is 1. The van der Waals surface area contributed by atoms with E-state index in [-0.39, 0.29) is 30.9 Å². The third-order valence-corrected chi connectivity index (χ3v) is 9.14. The molecule has 0 saturated carbocycles. The number of carboxylic acid groups (broad SMARTS) is 1. The number of rotatable bonds is 37. The van der Waals surface area contributed by atoms with Gasteiger partial charge in [0.2, 0.25) is 11.8 Å². The summed E-state index contributed by atoms with van der Waals surface area (Å²) in [5.41, 5.74) is 0. The molecular formula is C43H76N2O7. The number of unbranched alkanes of at least 4 members (excludes halogenated alkanes) is 19. The smallest absolute Gasteiger partial charge is 0.328 e. The summed E-state index contributed by atoms with van der Waals surface area (Å²) in [6, 6.07) is -1.39. The number of carboxylic acids is 1. The number of aliphatic hydroxyl groups excluding tert-OH is 1. The molecule has 0 aromatic carbocycles. The molecule has 52 heavy (non-hydrogen) atoms. The number of esters is 1. The van der Waals surface area contributed by atoms with Crippen LogP contribution in [-0.2, 0) is 23.9 Å². The molecule has 4 N–H and O–H groups in total. The lowest BCUT2D eigenvalue weighted by Crippen LogP contribution is -2.47. The Morgan fingerprint density at radius 3 is 1.60 bits per heavy atom. The first-order chi connectivity index (χ1) is 25.3. The van der Waals surface area contributed by atoms with Crippen LogP contribution in [0.5, 0.6) is 0 Å². The highest BCUT2D eigenvalue weighted by Crippen LogP contribution is 2.16. The topological polar surface area (TPSA) is 142 Å². The average Bonchev–Trinajstić information content (AvgIpc) is 3.13. The van der Waals surface area contributed by atoms with E-state index in [4.69, 9.17) is 14.9 Å². The highest BCUT2D eigenvalue weighted by atomic mass is 16.5. The van der Waals surface area contributed by atoms with E-state index in [0.717, 1.165) is 57.8 Å². The summed E-state index contributed by atoms with van der Waals surface area (Å²) in [4.78, 5) is 47.4. The molecule has 9 nitrogen and oxygen atoms in total. The molecule has 0 heterocycles. The van der Waals surface area contributed by atoms with Crippen molar-refractivity contribution in [3.8, 4) is 0 Å². The van der Waals surface area contributed by atoms with Crippen molar-refractivity contribution in [2.75, 3.05) is 13.2 Å². The van der Waals surface area contributed by atoms with Crippen molar-refractivity contribution in [2.24, 2.45) is 0 Å². The Labute approximate surface area is 316 Å². The number of ether oxygens (including phenoxy) is 1. The van der Waals surface area contributed by atoms with E-state index < -0.39 is 24.5 Å². The van der Waals surface area contributed by atoms with Gasteiger partial charge in [-0.25, -0.2) is 4.79 Å². The van der Waals surface area contributed by atoms with Gasteiger partial charge in [0, 0.05) is 12.8 Å². The molecule has 2 amide bonds. The zero-order valence-corrected chi connectivity index (χ0v) is 33.1. The van der Waals surface area contributed by atoms with Crippen LogP contribution in [0.1, 0.15) is 187 Å². The molecule has 0 saturated heterocycles. The quantitative estimate of drug-likeness (QED) is 0.0283. The van der Waals surface area contributed by atoms with Crippen LogP contribution in [0.15, 0.2) is 36.5 Å². The number of nitrogens with one attached hydrogen (secondary N) is 2. The van der Waals surface area contributed by atoms with Gasteiger partial charge < -0.3 is 25.6 Å². The Hall–Kier alpha value is -2.94. The van der Waals surface area contributed by atoms with Crippen molar-refractivity contribution in [1.82, 2.24) is 10.6 Å². The second-order valence-corrected chi connectivity index (χ2v) is 14.1. The minimum absolute atomic E-state index is 0.134.